The van der Waals surface area contributed by atoms with Gasteiger partial charge in [-0.3, -0.25) is 0 Å². The number of ether oxygens (including phenoxy) is 2. The summed E-state index contributed by atoms with van der Waals surface area (Å²) >= 11 is 0. The van der Waals surface area contributed by atoms with Crippen LogP contribution in [0.15, 0.2) is 49.1 Å². The zero-order valence-corrected chi connectivity index (χ0v) is 15.3. The predicted molar refractivity (Wildman–Crippen MR) is 101 cm³/mol. The summed E-state index contributed by atoms with van der Waals surface area (Å²) in [5.41, 5.74) is -0.252. The Morgan fingerprint density at radius 1 is 1.23 bits per heavy atom. The highest BCUT2D eigenvalue weighted by atomic mass is 16.5. The Morgan fingerprint density at radius 3 is 2.50 bits per heavy atom. The fourth-order valence-electron chi connectivity index (χ4n) is 2.86. The Hall–Kier alpha value is -2.82. The number of rotatable bonds is 8. The summed E-state index contributed by atoms with van der Waals surface area (Å²) < 4.78 is 11.4. The van der Waals surface area contributed by atoms with E-state index in [1.165, 1.54) is 0 Å². The van der Waals surface area contributed by atoms with E-state index in [4.69, 9.17) is 14.6 Å². The van der Waals surface area contributed by atoms with Crippen LogP contribution in [0.4, 0.5) is 0 Å². The summed E-state index contributed by atoms with van der Waals surface area (Å²) in [6.07, 6.45) is 2.12. The fourth-order valence-corrected chi connectivity index (χ4v) is 2.86. The molecule has 0 spiro atoms. The molecule has 2 aromatic carbocycles. The van der Waals surface area contributed by atoms with E-state index in [1.807, 2.05) is 39.0 Å². The van der Waals surface area contributed by atoms with Crippen LogP contribution in [0.5, 0.6) is 5.75 Å². The van der Waals surface area contributed by atoms with Crippen molar-refractivity contribution in [3.63, 3.8) is 0 Å². The Morgan fingerprint density at radius 2 is 1.88 bits per heavy atom. The van der Waals surface area contributed by atoms with Crippen LogP contribution >= 0.6 is 0 Å². The molecule has 0 aliphatic carbocycles. The Labute approximate surface area is 153 Å². The van der Waals surface area contributed by atoms with Crippen LogP contribution in [0.3, 0.4) is 0 Å². The average molecular weight is 356 g/mol. The average Bonchev–Trinajstić information content (AvgIpc) is 2.60. The first-order valence-corrected chi connectivity index (χ1v) is 8.55. The molecule has 2 atom stereocenters. The number of carbonyl (C=O) groups is 2. The molecule has 0 amide bonds. The lowest BCUT2D eigenvalue weighted by Gasteiger charge is -2.32. The molecular formula is C21H24O5. The number of carboxylic acids is 1. The van der Waals surface area contributed by atoms with Crippen molar-refractivity contribution in [3.8, 4) is 5.75 Å². The van der Waals surface area contributed by atoms with Gasteiger partial charge in [0, 0.05) is 12.5 Å². The third kappa shape index (κ3) is 4.85. The van der Waals surface area contributed by atoms with Gasteiger partial charge in [0.15, 0.2) is 0 Å². The zero-order chi connectivity index (χ0) is 19.3. The van der Waals surface area contributed by atoms with Gasteiger partial charge < -0.3 is 14.6 Å². The van der Waals surface area contributed by atoms with Crippen molar-refractivity contribution in [1.82, 2.24) is 0 Å². The maximum absolute atomic E-state index is 11.4. The normalized spacial score (nSPS) is 14.3. The molecule has 0 fully saturated rings. The number of carbonyl (C=O) groups excluding carboxylic acids is 1. The molecule has 0 heterocycles. The largest absolute Gasteiger partial charge is 0.487 e. The number of hydrogen-bond donors (Lipinski definition) is 1. The van der Waals surface area contributed by atoms with Crippen molar-refractivity contribution < 1.29 is 24.2 Å². The van der Waals surface area contributed by atoms with Gasteiger partial charge >= 0.3 is 11.9 Å². The van der Waals surface area contributed by atoms with Gasteiger partial charge in [-0.15, -0.1) is 0 Å². The first-order valence-electron chi connectivity index (χ1n) is 8.55. The molecule has 0 aliphatic heterocycles. The van der Waals surface area contributed by atoms with Gasteiger partial charge in [-0.25, -0.2) is 9.59 Å². The number of esters is 1. The first-order chi connectivity index (χ1) is 12.3. The van der Waals surface area contributed by atoms with Crippen LogP contribution in [0.25, 0.3) is 10.8 Å². The molecular weight excluding hydrogens is 332 g/mol. The summed E-state index contributed by atoms with van der Waals surface area (Å²) in [5.74, 6) is -0.711. The lowest BCUT2D eigenvalue weighted by molar-refractivity contribution is -0.144. The molecule has 0 radical (unpaired) electrons. The molecule has 1 N–H and O–H groups in total. The van der Waals surface area contributed by atoms with Gasteiger partial charge in [-0.1, -0.05) is 25.6 Å². The summed E-state index contributed by atoms with van der Waals surface area (Å²) in [6, 6.07) is 10.5. The predicted octanol–water partition coefficient (Wildman–Crippen LogP) is 4.59. The highest BCUT2D eigenvalue weighted by Crippen LogP contribution is 2.29. The molecule has 0 saturated carbocycles. The fraction of sp³-hybridized carbons (Fsp3) is 0.333. The van der Waals surface area contributed by atoms with E-state index in [-0.39, 0.29) is 11.7 Å². The van der Waals surface area contributed by atoms with Crippen LogP contribution in [-0.2, 0) is 9.53 Å². The van der Waals surface area contributed by atoms with E-state index in [2.05, 4.69) is 6.58 Å². The highest BCUT2D eigenvalue weighted by molar-refractivity contribution is 5.94. The number of aromatic carboxylic acids is 1. The number of carboxylic acid groups (broad SMARTS) is 1. The van der Waals surface area contributed by atoms with Gasteiger partial charge in [0.2, 0.25) is 0 Å². The molecule has 0 aliphatic rings. The van der Waals surface area contributed by atoms with E-state index in [0.29, 0.717) is 12.2 Å². The van der Waals surface area contributed by atoms with E-state index in [9.17, 15) is 9.59 Å². The van der Waals surface area contributed by atoms with Crippen molar-refractivity contribution in [3.05, 3.63) is 54.6 Å². The quantitative estimate of drug-likeness (QED) is 0.553. The molecule has 2 unspecified atom stereocenters. The highest BCUT2D eigenvalue weighted by Gasteiger charge is 2.28. The van der Waals surface area contributed by atoms with Crippen LogP contribution in [0.1, 0.15) is 44.0 Å². The number of fused-ring (bicyclic) bond motifs is 1. The third-order valence-electron chi connectivity index (χ3n) is 4.37. The SMILES string of the molecule is C=CC(=O)OC(C)CC(C)(CC)Oc1ccc2cc(C(=O)O)ccc2c1. The Balaban J connectivity index is 2.18. The second-order valence-electron chi connectivity index (χ2n) is 6.59. The molecule has 0 aromatic heterocycles. The summed E-state index contributed by atoms with van der Waals surface area (Å²) in [5, 5.41) is 10.8. The maximum atomic E-state index is 11.4. The lowest BCUT2D eigenvalue weighted by atomic mass is 9.95. The Kier molecular flexibility index (Phi) is 6.03. The van der Waals surface area contributed by atoms with Gasteiger partial charge in [0.25, 0.3) is 0 Å². The first kappa shape index (κ1) is 19.5. The van der Waals surface area contributed by atoms with E-state index in [1.54, 1.807) is 18.2 Å². The van der Waals surface area contributed by atoms with E-state index >= 15 is 0 Å². The second kappa shape index (κ2) is 8.04. The van der Waals surface area contributed by atoms with Crippen molar-refractivity contribution in [2.75, 3.05) is 0 Å². The molecule has 2 aromatic rings. The monoisotopic (exact) mass is 356 g/mol. The number of hydrogen-bond acceptors (Lipinski definition) is 4. The molecule has 5 heteroatoms. The standard InChI is InChI=1S/C21H24O5/c1-5-19(22)25-14(3)13-21(4,6-2)26-18-10-9-15-11-17(20(23)24)8-7-16(15)12-18/h5,7-12,14H,1,6,13H2,2-4H3,(H,23,24). The molecule has 138 valence electrons. The van der Waals surface area contributed by atoms with Crippen molar-refractivity contribution in [1.29, 1.82) is 0 Å². The zero-order valence-electron chi connectivity index (χ0n) is 15.3. The summed E-state index contributed by atoms with van der Waals surface area (Å²) in [6.45, 7) is 9.22. The van der Waals surface area contributed by atoms with Gasteiger partial charge in [0.1, 0.15) is 17.5 Å². The molecule has 0 bridgehead atoms. The van der Waals surface area contributed by atoms with Crippen LogP contribution in [0.2, 0.25) is 0 Å². The van der Waals surface area contributed by atoms with Crippen LogP contribution < -0.4 is 4.74 Å². The van der Waals surface area contributed by atoms with Crippen LogP contribution in [-0.4, -0.2) is 28.8 Å². The Bertz CT molecular complexity index is 826. The molecule has 0 saturated heterocycles. The minimum Gasteiger partial charge on any atom is -0.487 e. The second-order valence-corrected chi connectivity index (χ2v) is 6.59. The van der Waals surface area contributed by atoms with E-state index in [0.717, 1.165) is 23.3 Å². The summed E-state index contributed by atoms with van der Waals surface area (Å²) in [7, 11) is 0. The topological polar surface area (TPSA) is 72.8 Å². The lowest BCUT2D eigenvalue weighted by Crippen LogP contribution is -2.36. The van der Waals surface area contributed by atoms with E-state index < -0.39 is 17.5 Å². The minimum absolute atomic E-state index is 0.252. The minimum atomic E-state index is -0.950. The van der Waals surface area contributed by atoms with Gasteiger partial charge in [-0.2, -0.15) is 0 Å². The molecule has 26 heavy (non-hydrogen) atoms. The molecule has 5 nitrogen and oxygen atoms in total. The van der Waals surface area contributed by atoms with Gasteiger partial charge in [-0.05, 0) is 55.3 Å². The van der Waals surface area contributed by atoms with Crippen molar-refractivity contribution in [2.24, 2.45) is 0 Å². The van der Waals surface area contributed by atoms with Crippen molar-refractivity contribution >= 4 is 22.7 Å². The smallest absolute Gasteiger partial charge is 0.335 e. The summed E-state index contributed by atoms with van der Waals surface area (Å²) in [4.78, 5) is 22.4. The van der Waals surface area contributed by atoms with Crippen LogP contribution in [0, 0.1) is 0 Å². The third-order valence-corrected chi connectivity index (χ3v) is 4.37. The molecule has 2 rings (SSSR count). The van der Waals surface area contributed by atoms with Gasteiger partial charge in [0.05, 0.1) is 5.56 Å². The number of benzene rings is 2. The van der Waals surface area contributed by atoms with Crippen molar-refractivity contribution in [2.45, 2.75) is 45.3 Å². The maximum Gasteiger partial charge on any atom is 0.335 e.